The van der Waals surface area contributed by atoms with Crippen molar-refractivity contribution in [1.82, 2.24) is 0 Å². The number of hydrogen-bond acceptors (Lipinski definition) is 6. The van der Waals surface area contributed by atoms with Crippen LogP contribution in [0, 0.1) is 0 Å². The second-order valence-corrected chi connectivity index (χ2v) is 4.35. The van der Waals surface area contributed by atoms with Gasteiger partial charge in [0.25, 0.3) is 0 Å². The van der Waals surface area contributed by atoms with Gasteiger partial charge in [-0.3, -0.25) is 0 Å². The van der Waals surface area contributed by atoms with Crippen LogP contribution in [0.2, 0.25) is 0 Å². The molecular formula is C6H11CaO6P. The fourth-order valence-corrected chi connectivity index (χ4v) is 1.37. The molecule has 0 aliphatic carbocycles. The molecule has 0 aromatic heterocycles. The van der Waals surface area contributed by atoms with Crippen LogP contribution in [-0.2, 0) is 18.6 Å². The monoisotopic (exact) mass is 250 g/mol. The molecule has 1 unspecified atom stereocenters. The first-order valence-electron chi connectivity index (χ1n) is 3.77. The van der Waals surface area contributed by atoms with E-state index in [0.717, 1.165) is 0 Å². The third kappa shape index (κ3) is 6.00. The van der Waals surface area contributed by atoms with Gasteiger partial charge < -0.3 is 28.3 Å². The van der Waals surface area contributed by atoms with Crippen molar-refractivity contribution >= 4 is 45.6 Å². The van der Waals surface area contributed by atoms with Crippen LogP contribution in [0.15, 0.2) is 0 Å². The molecule has 0 N–H and O–H groups in total. The fraction of sp³-hybridized carbons (Fsp3) is 1.00. The standard InChI is InChI=1S/C6H13O6P.Ca/c1-6(2)10-3-5(12-6)4-11-13(7,8)9;/h5H,3-4H2,1-2H3,(H2,7,8,9);/q;+2/p-2. The minimum Gasteiger partial charge on any atom is -0.790 e. The predicted molar refractivity (Wildman–Crippen MR) is 44.2 cm³/mol. The topological polar surface area (TPSA) is 90.9 Å². The zero-order valence-electron chi connectivity index (χ0n) is 8.10. The molecule has 0 bridgehead atoms. The maximum atomic E-state index is 10.1. The third-order valence-electron chi connectivity index (χ3n) is 1.49. The van der Waals surface area contributed by atoms with Crippen LogP contribution in [0.1, 0.15) is 13.8 Å². The second-order valence-electron chi connectivity index (χ2n) is 3.19. The largest absolute Gasteiger partial charge is 2.00 e. The van der Waals surface area contributed by atoms with Gasteiger partial charge in [0.05, 0.1) is 21.0 Å². The number of phosphoric ester groups is 1. The summed E-state index contributed by atoms with van der Waals surface area (Å²) in [5, 5.41) is 0. The summed E-state index contributed by atoms with van der Waals surface area (Å²) >= 11 is 0. The minimum atomic E-state index is -4.90. The molecule has 1 heterocycles. The molecule has 78 valence electrons. The van der Waals surface area contributed by atoms with Crippen LogP contribution >= 0.6 is 7.82 Å². The Morgan fingerprint density at radius 2 is 2.14 bits per heavy atom. The van der Waals surface area contributed by atoms with Gasteiger partial charge >= 0.3 is 37.7 Å². The van der Waals surface area contributed by atoms with Crippen molar-refractivity contribution in [3.8, 4) is 0 Å². The summed E-state index contributed by atoms with van der Waals surface area (Å²) in [7, 11) is -4.90. The molecule has 14 heavy (non-hydrogen) atoms. The van der Waals surface area contributed by atoms with Gasteiger partial charge in [-0.25, -0.2) is 0 Å². The first kappa shape index (κ1) is 15.3. The van der Waals surface area contributed by atoms with Crippen LogP contribution in [0.25, 0.3) is 0 Å². The van der Waals surface area contributed by atoms with Gasteiger partial charge in [-0.1, -0.05) is 0 Å². The number of phosphoric acid groups is 1. The summed E-state index contributed by atoms with van der Waals surface area (Å²) in [5.41, 5.74) is 0. The number of hydrogen-bond donors (Lipinski definition) is 0. The van der Waals surface area contributed by atoms with E-state index in [1.54, 1.807) is 13.8 Å². The molecular weight excluding hydrogens is 239 g/mol. The molecule has 0 aromatic carbocycles. The third-order valence-corrected chi connectivity index (χ3v) is 1.95. The molecule has 1 fully saturated rings. The molecule has 1 rings (SSSR count). The summed E-state index contributed by atoms with van der Waals surface area (Å²) in [6.45, 7) is 3.34. The molecule has 0 aromatic rings. The quantitative estimate of drug-likeness (QED) is 0.452. The Balaban J connectivity index is 0.00000169. The van der Waals surface area contributed by atoms with E-state index in [9.17, 15) is 14.4 Å². The van der Waals surface area contributed by atoms with Crippen LogP contribution in [0.3, 0.4) is 0 Å². The van der Waals surface area contributed by atoms with Crippen LogP contribution < -0.4 is 9.79 Å². The van der Waals surface area contributed by atoms with E-state index in [-0.39, 0.29) is 51.0 Å². The van der Waals surface area contributed by atoms with Crippen LogP contribution in [0.4, 0.5) is 0 Å². The molecule has 0 amide bonds. The summed E-state index contributed by atoms with van der Waals surface area (Å²) in [6.07, 6.45) is -0.494. The maximum absolute atomic E-state index is 10.1. The Hall–Kier alpha value is 1.29. The molecule has 0 radical (unpaired) electrons. The Bertz CT molecular complexity index is 226. The van der Waals surface area contributed by atoms with E-state index in [4.69, 9.17) is 9.47 Å². The van der Waals surface area contributed by atoms with Gasteiger partial charge in [0, 0.05) is 0 Å². The molecule has 8 heteroatoms. The molecule has 0 spiro atoms. The zero-order valence-corrected chi connectivity index (χ0v) is 11.2. The van der Waals surface area contributed by atoms with Gasteiger partial charge in [-0.15, -0.1) is 0 Å². The smallest absolute Gasteiger partial charge is 0.790 e. The van der Waals surface area contributed by atoms with Crippen molar-refractivity contribution in [1.29, 1.82) is 0 Å². The number of ether oxygens (including phenoxy) is 2. The summed E-state index contributed by atoms with van der Waals surface area (Å²) in [5.74, 6) is -0.732. The van der Waals surface area contributed by atoms with Gasteiger partial charge in [-0.2, -0.15) is 0 Å². The average molecular weight is 250 g/mol. The Kier molecular flexibility index (Phi) is 6.08. The molecule has 6 nitrogen and oxygen atoms in total. The second kappa shape index (κ2) is 5.57. The van der Waals surface area contributed by atoms with Crippen molar-refractivity contribution in [2.45, 2.75) is 25.7 Å². The van der Waals surface area contributed by atoms with E-state index >= 15 is 0 Å². The van der Waals surface area contributed by atoms with E-state index in [0.29, 0.717) is 0 Å². The predicted octanol–water partition coefficient (Wildman–Crippen LogP) is -1.40. The normalized spacial score (nSPS) is 25.9. The van der Waals surface area contributed by atoms with Crippen LogP contribution in [-0.4, -0.2) is 62.8 Å². The van der Waals surface area contributed by atoms with E-state index in [2.05, 4.69) is 4.52 Å². The molecule has 0 saturated carbocycles. The first-order chi connectivity index (χ1) is 5.79. The molecule has 1 aliphatic heterocycles. The van der Waals surface area contributed by atoms with Crippen molar-refractivity contribution in [3.05, 3.63) is 0 Å². The molecule has 1 saturated heterocycles. The summed E-state index contributed by atoms with van der Waals surface area (Å²) in [6, 6.07) is 0. The van der Waals surface area contributed by atoms with Crippen molar-refractivity contribution in [2.75, 3.05) is 13.2 Å². The summed E-state index contributed by atoms with van der Waals surface area (Å²) in [4.78, 5) is 20.2. The van der Waals surface area contributed by atoms with Crippen LogP contribution in [0.5, 0.6) is 0 Å². The van der Waals surface area contributed by atoms with E-state index in [1.165, 1.54) is 0 Å². The molecule has 1 atom stereocenters. The summed E-state index contributed by atoms with van der Waals surface area (Å²) < 4.78 is 24.5. The Morgan fingerprint density at radius 1 is 1.57 bits per heavy atom. The van der Waals surface area contributed by atoms with Gasteiger partial charge in [-0.05, 0) is 13.8 Å². The van der Waals surface area contributed by atoms with Gasteiger partial charge in [0.1, 0.15) is 6.10 Å². The van der Waals surface area contributed by atoms with Crippen molar-refractivity contribution < 1.29 is 28.3 Å². The van der Waals surface area contributed by atoms with E-state index in [1.807, 2.05) is 0 Å². The first-order valence-corrected chi connectivity index (χ1v) is 5.23. The van der Waals surface area contributed by atoms with Gasteiger partial charge in [0.15, 0.2) is 5.79 Å². The fourth-order valence-electron chi connectivity index (χ4n) is 1.02. The Morgan fingerprint density at radius 3 is 2.50 bits per heavy atom. The minimum absolute atomic E-state index is 0. The maximum Gasteiger partial charge on any atom is 2.00 e. The van der Waals surface area contributed by atoms with Crippen molar-refractivity contribution in [3.63, 3.8) is 0 Å². The van der Waals surface area contributed by atoms with Gasteiger partial charge in [0.2, 0.25) is 0 Å². The number of rotatable bonds is 3. The van der Waals surface area contributed by atoms with Crippen molar-refractivity contribution in [2.24, 2.45) is 0 Å². The van der Waals surface area contributed by atoms with E-state index < -0.39 is 19.7 Å². The molecule has 1 aliphatic rings. The Labute approximate surface area is 112 Å². The zero-order chi connectivity index (χ0) is 10.1. The SMILES string of the molecule is CC1(C)OCC(COP(=O)([O-])[O-])O1.[Ca+2]. The average Bonchev–Trinajstić information content (AvgIpc) is 2.24.